The molecule has 0 heterocycles. The molecule has 5 heteroatoms. The molecule has 18 heavy (non-hydrogen) atoms. The molecule has 1 aromatic rings. The van der Waals surface area contributed by atoms with Crippen LogP contribution in [0.4, 0.5) is 5.69 Å². The van der Waals surface area contributed by atoms with Crippen LogP contribution in [0.2, 0.25) is 0 Å². The molecule has 0 fully saturated rings. The number of rotatable bonds is 6. The van der Waals surface area contributed by atoms with Crippen molar-refractivity contribution in [2.24, 2.45) is 5.73 Å². The zero-order chi connectivity index (χ0) is 13.8. The average molecular weight is 252 g/mol. The number of methoxy groups -OCH3 is 1. The molecule has 100 valence electrons. The Labute approximate surface area is 107 Å². The summed E-state index contributed by atoms with van der Waals surface area (Å²) < 4.78 is 10.8. The van der Waals surface area contributed by atoms with Gasteiger partial charge in [-0.25, -0.2) is 0 Å². The molecule has 0 spiro atoms. The van der Waals surface area contributed by atoms with Gasteiger partial charge < -0.3 is 20.9 Å². The minimum Gasteiger partial charge on any atom is -0.491 e. The summed E-state index contributed by atoms with van der Waals surface area (Å²) in [4.78, 5) is 11.1. The second kappa shape index (κ2) is 5.73. The fourth-order valence-electron chi connectivity index (χ4n) is 1.39. The lowest BCUT2D eigenvalue weighted by Gasteiger charge is -2.23. The highest BCUT2D eigenvalue weighted by atomic mass is 16.5. The third-order valence-corrected chi connectivity index (χ3v) is 2.85. The molecular weight excluding hydrogens is 232 g/mol. The van der Waals surface area contributed by atoms with Gasteiger partial charge >= 0.3 is 0 Å². The van der Waals surface area contributed by atoms with Crippen LogP contribution in [-0.4, -0.2) is 25.2 Å². The summed E-state index contributed by atoms with van der Waals surface area (Å²) in [6.07, 6.45) is 0.712. The van der Waals surface area contributed by atoms with Crippen LogP contribution in [0, 0.1) is 0 Å². The predicted molar refractivity (Wildman–Crippen MR) is 70.6 cm³/mol. The van der Waals surface area contributed by atoms with Gasteiger partial charge in [0.05, 0.1) is 23.5 Å². The first-order chi connectivity index (χ1) is 8.37. The zero-order valence-corrected chi connectivity index (χ0v) is 11.0. The normalized spacial score (nSPS) is 11.3. The first-order valence-corrected chi connectivity index (χ1v) is 5.73. The molecule has 0 atom stereocenters. The lowest BCUT2D eigenvalue weighted by atomic mass is 10.1. The summed E-state index contributed by atoms with van der Waals surface area (Å²) >= 11 is 0. The third-order valence-electron chi connectivity index (χ3n) is 2.85. The topological polar surface area (TPSA) is 87.6 Å². The van der Waals surface area contributed by atoms with E-state index >= 15 is 0 Å². The van der Waals surface area contributed by atoms with Crippen LogP contribution in [0.15, 0.2) is 18.2 Å². The molecular formula is C13H20N2O3. The van der Waals surface area contributed by atoms with Crippen LogP contribution < -0.4 is 16.2 Å². The number of nitrogens with two attached hydrogens (primary N) is 2. The van der Waals surface area contributed by atoms with Crippen molar-refractivity contribution in [2.45, 2.75) is 25.9 Å². The molecule has 0 saturated heterocycles. The first kappa shape index (κ1) is 14.3. The number of hydrogen-bond donors (Lipinski definition) is 2. The van der Waals surface area contributed by atoms with Gasteiger partial charge in [0.2, 0.25) is 0 Å². The lowest BCUT2D eigenvalue weighted by molar-refractivity contribution is 0.00550. The summed E-state index contributed by atoms with van der Waals surface area (Å²) in [6, 6.07) is 4.97. The van der Waals surface area contributed by atoms with Crippen molar-refractivity contribution in [1.82, 2.24) is 0 Å². The van der Waals surface area contributed by atoms with Crippen molar-refractivity contribution in [3.8, 4) is 5.75 Å². The van der Waals surface area contributed by atoms with Gasteiger partial charge in [-0.2, -0.15) is 0 Å². The quantitative estimate of drug-likeness (QED) is 0.752. The number of hydrogen-bond acceptors (Lipinski definition) is 4. The second-order valence-electron chi connectivity index (χ2n) is 4.64. The molecule has 1 aromatic carbocycles. The van der Waals surface area contributed by atoms with Gasteiger partial charge in [0.25, 0.3) is 5.91 Å². The van der Waals surface area contributed by atoms with Crippen molar-refractivity contribution in [1.29, 1.82) is 0 Å². The Hall–Kier alpha value is -1.75. The Morgan fingerprint density at radius 3 is 2.61 bits per heavy atom. The molecule has 0 aliphatic heterocycles. The highest BCUT2D eigenvalue weighted by Crippen LogP contribution is 2.25. The number of ether oxygens (including phenoxy) is 2. The van der Waals surface area contributed by atoms with E-state index in [1.54, 1.807) is 25.3 Å². The maximum Gasteiger partial charge on any atom is 0.250 e. The van der Waals surface area contributed by atoms with E-state index in [1.165, 1.54) is 0 Å². The summed E-state index contributed by atoms with van der Waals surface area (Å²) in [5.74, 6) is -0.0895. The van der Waals surface area contributed by atoms with E-state index in [9.17, 15) is 4.79 Å². The summed E-state index contributed by atoms with van der Waals surface area (Å²) in [6.45, 7) is 4.40. The Balaban J connectivity index is 2.69. The Morgan fingerprint density at radius 2 is 2.06 bits per heavy atom. The average Bonchev–Trinajstić information content (AvgIpc) is 2.31. The minimum atomic E-state index is -0.560. The summed E-state index contributed by atoms with van der Waals surface area (Å²) in [5.41, 5.74) is 11.3. The fraction of sp³-hybridized carbons (Fsp3) is 0.462. The van der Waals surface area contributed by atoms with Gasteiger partial charge in [0.15, 0.2) is 0 Å². The van der Waals surface area contributed by atoms with Gasteiger partial charge in [-0.05, 0) is 26.0 Å². The van der Waals surface area contributed by atoms with Gasteiger partial charge in [-0.1, -0.05) is 6.07 Å². The molecule has 5 nitrogen and oxygen atoms in total. The second-order valence-corrected chi connectivity index (χ2v) is 4.64. The monoisotopic (exact) mass is 252 g/mol. The number of para-hydroxylation sites is 1. The van der Waals surface area contributed by atoms with Crippen LogP contribution in [0.3, 0.4) is 0 Å². The maximum absolute atomic E-state index is 11.1. The first-order valence-electron chi connectivity index (χ1n) is 5.73. The SMILES string of the molecule is COC(C)(C)CCOc1cccc(C(N)=O)c1N. The van der Waals surface area contributed by atoms with Crippen LogP contribution in [0.1, 0.15) is 30.6 Å². The highest BCUT2D eigenvalue weighted by Gasteiger charge is 2.17. The molecule has 1 amide bonds. The van der Waals surface area contributed by atoms with Crippen LogP contribution in [0.25, 0.3) is 0 Å². The molecule has 0 aliphatic carbocycles. The minimum absolute atomic E-state index is 0.254. The van der Waals surface area contributed by atoms with Crippen molar-refractivity contribution in [3.05, 3.63) is 23.8 Å². The number of nitrogen functional groups attached to an aromatic ring is 1. The van der Waals surface area contributed by atoms with E-state index in [-0.39, 0.29) is 16.9 Å². The van der Waals surface area contributed by atoms with Crippen LogP contribution in [-0.2, 0) is 4.74 Å². The van der Waals surface area contributed by atoms with Crippen molar-refractivity contribution in [3.63, 3.8) is 0 Å². The van der Waals surface area contributed by atoms with Crippen molar-refractivity contribution in [2.75, 3.05) is 19.5 Å². The molecule has 0 aromatic heterocycles. The molecule has 0 unspecified atom stereocenters. The van der Waals surface area contributed by atoms with Gasteiger partial charge in [0, 0.05) is 13.5 Å². The number of amides is 1. The van der Waals surface area contributed by atoms with E-state index in [0.717, 1.165) is 0 Å². The van der Waals surface area contributed by atoms with Crippen LogP contribution >= 0.6 is 0 Å². The number of benzene rings is 1. The van der Waals surface area contributed by atoms with Gasteiger partial charge in [-0.15, -0.1) is 0 Å². The van der Waals surface area contributed by atoms with Gasteiger partial charge in [-0.3, -0.25) is 4.79 Å². The van der Waals surface area contributed by atoms with Crippen molar-refractivity contribution >= 4 is 11.6 Å². The Bertz CT molecular complexity index is 430. The molecule has 0 aliphatic rings. The molecule has 1 rings (SSSR count). The lowest BCUT2D eigenvalue weighted by Crippen LogP contribution is -2.25. The van der Waals surface area contributed by atoms with E-state index in [0.29, 0.717) is 18.8 Å². The van der Waals surface area contributed by atoms with Crippen molar-refractivity contribution < 1.29 is 14.3 Å². The molecule has 0 bridgehead atoms. The van der Waals surface area contributed by atoms with E-state index in [1.807, 2.05) is 13.8 Å². The Kier molecular flexibility index (Phi) is 4.55. The van der Waals surface area contributed by atoms with Gasteiger partial charge in [0.1, 0.15) is 5.75 Å². The van der Waals surface area contributed by atoms with E-state index in [2.05, 4.69) is 0 Å². The largest absolute Gasteiger partial charge is 0.491 e. The number of carbonyl (C=O) groups excluding carboxylic acids is 1. The predicted octanol–water partition coefficient (Wildman–Crippen LogP) is 1.56. The fourth-order valence-corrected chi connectivity index (χ4v) is 1.39. The summed E-state index contributed by atoms with van der Waals surface area (Å²) in [5, 5.41) is 0. The number of carbonyl (C=O) groups is 1. The zero-order valence-electron chi connectivity index (χ0n) is 11.0. The smallest absolute Gasteiger partial charge is 0.250 e. The molecule has 4 N–H and O–H groups in total. The number of primary amides is 1. The molecule has 0 saturated carbocycles. The van der Waals surface area contributed by atoms with Crippen LogP contribution in [0.5, 0.6) is 5.75 Å². The molecule has 0 radical (unpaired) electrons. The Morgan fingerprint density at radius 1 is 1.39 bits per heavy atom. The third kappa shape index (κ3) is 3.63. The standard InChI is InChI=1S/C13H20N2O3/c1-13(2,17-3)7-8-18-10-6-4-5-9(11(10)14)12(15)16/h4-6H,7-8,14H2,1-3H3,(H2,15,16). The maximum atomic E-state index is 11.1. The van der Waals surface area contributed by atoms with E-state index < -0.39 is 5.91 Å². The summed E-state index contributed by atoms with van der Waals surface area (Å²) in [7, 11) is 1.65. The number of anilines is 1. The highest BCUT2D eigenvalue weighted by molar-refractivity contribution is 5.99. The van der Waals surface area contributed by atoms with E-state index in [4.69, 9.17) is 20.9 Å².